The molecule has 1 aromatic carbocycles. The summed E-state index contributed by atoms with van der Waals surface area (Å²) in [6.45, 7) is 2.73. The van der Waals surface area contributed by atoms with E-state index in [0.29, 0.717) is 16.7 Å². The number of likely N-dealkylation sites (tertiary alicyclic amines) is 1. The largest absolute Gasteiger partial charge is 0.389 e. The van der Waals surface area contributed by atoms with E-state index in [0.717, 1.165) is 11.1 Å². The third-order valence-corrected chi connectivity index (χ3v) is 6.78. The molecular formula is C26H26F4N8O2. The van der Waals surface area contributed by atoms with Gasteiger partial charge in [0, 0.05) is 49.5 Å². The molecule has 3 aromatic heterocycles. The van der Waals surface area contributed by atoms with Crippen LogP contribution in [-0.2, 0) is 17.8 Å². The van der Waals surface area contributed by atoms with Crippen LogP contribution in [0.4, 0.5) is 17.6 Å². The van der Waals surface area contributed by atoms with Crippen molar-refractivity contribution in [2.24, 2.45) is 0 Å². The number of hydrogen-bond acceptors (Lipinski definition) is 7. The lowest BCUT2D eigenvalue weighted by Gasteiger charge is -2.22. The number of benzene rings is 1. The number of carbonyl (C=O) groups excluding carboxylic acids is 2. The van der Waals surface area contributed by atoms with Crippen molar-refractivity contribution in [3.05, 3.63) is 53.8 Å². The predicted molar refractivity (Wildman–Crippen MR) is 135 cm³/mol. The summed E-state index contributed by atoms with van der Waals surface area (Å²) in [7, 11) is 0. The zero-order valence-corrected chi connectivity index (χ0v) is 21.7. The number of fused-ring (bicyclic) bond motifs is 1. The van der Waals surface area contributed by atoms with E-state index >= 15 is 0 Å². The molecule has 210 valence electrons. The van der Waals surface area contributed by atoms with Gasteiger partial charge in [0.2, 0.25) is 5.91 Å². The van der Waals surface area contributed by atoms with Crippen LogP contribution in [0.1, 0.15) is 60.2 Å². The highest BCUT2D eigenvalue weighted by atomic mass is 19.4. The van der Waals surface area contributed by atoms with Crippen LogP contribution in [0.15, 0.2) is 30.6 Å². The average molecular weight is 559 g/mol. The molecule has 2 atom stereocenters. The Labute approximate surface area is 225 Å². The molecule has 0 unspecified atom stereocenters. The Morgan fingerprint density at radius 1 is 1.15 bits per heavy atom. The first-order valence-corrected chi connectivity index (χ1v) is 12.7. The summed E-state index contributed by atoms with van der Waals surface area (Å²) in [5, 5.41) is 11.6. The number of nitrogens with zero attached hydrogens (tertiary/aromatic N) is 7. The molecule has 1 aliphatic heterocycles. The molecule has 1 aliphatic rings. The fourth-order valence-corrected chi connectivity index (χ4v) is 4.84. The first-order valence-electron chi connectivity index (χ1n) is 12.7. The molecule has 1 saturated heterocycles. The first-order chi connectivity index (χ1) is 19.0. The normalized spacial score (nSPS) is 17.6. The molecule has 0 aliphatic carbocycles. The Morgan fingerprint density at radius 2 is 1.90 bits per heavy atom. The molecule has 1 fully saturated rings. The molecule has 1 amide bonds. The van der Waals surface area contributed by atoms with Gasteiger partial charge in [-0.05, 0) is 31.0 Å². The third kappa shape index (κ3) is 5.84. The number of ketones is 1. The van der Waals surface area contributed by atoms with Crippen LogP contribution in [-0.4, -0.2) is 70.4 Å². The van der Waals surface area contributed by atoms with Crippen LogP contribution in [0.5, 0.6) is 0 Å². The number of nitrogens with one attached hydrogen (secondary N) is 1. The van der Waals surface area contributed by atoms with Gasteiger partial charge in [-0.2, -0.15) is 23.4 Å². The first kappa shape index (κ1) is 27.3. The van der Waals surface area contributed by atoms with Crippen LogP contribution < -0.4 is 0 Å². The molecule has 5 rings (SSSR count). The molecule has 10 nitrogen and oxygen atoms in total. The topological polar surface area (TPSA) is 123 Å². The average Bonchev–Trinajstić information content (AvgIpc) is 3.61. The Balaban J connectivity index is 1.37. The molecule has 4 heterocycles. The van der Waals surface area contributed by atoms with Gasteiger partial charge in [0.15, 0.2) is 11.6 Å². The van der Waals surface area contributed by atoms with E-state index in [1.165, 1.54) is 16.5 Å². The summed E-state index contributed by atoms with van der Waals surface area (Å²) in [6, 6.07) is 4.60. The quantitative estimate of drug-likeness (QED) is 0.252. The Kier molecular flexibility index (Phi) is 7.34. The van der Waals surface area contributed by atoms with Gasteiger partial charge < -0.3 is 4.90 Å². The van der Waals surface area contributed by atoms with Crippen LogP contribution >= 0.6 is 0 Å². The van der Waals surface area contributed by atoms with E-state index in [4.69, 9.17) is 0 Å². The second-order valence-electron chi connectivity index (χ2n) is 9.81. The number of Topliss-reactive ketones (excluding diaryl/α,β-unsaturated/α-hetero) is 1. The van der Waals surface area contributed by atoms with Crippen molar-refractivity contribution in [3.8, 4) is 11.1 Å². The Morgan fingerprint density at radius 3 is 2.60 bits per heavy atom. The van der Waals surface area contributed by atoms with Gasteiger partial charge in [0.05, 0.1) is 18.1 Å². The van der Waals surface area contributed by atoms with E-state index < -0.39 is 30.7 Å². The lowest BCUT2D eigenvalue weighted by molar-refractivity contribution is -0.135. The van der Waals surface area contributed by atoms with Gasteiger partial charge in [-0.15, -0.1) is 0 Å². The van der Waals surface area contributed by atoms with Crippen molar-refractivity contribution in [1.82, 2.24) is 39.8 Å². The monoisotopic (exact) mass is 558 g/mol. The predicted octanol–water partition coefficient (Wildman–Crippen LogP) is 4.32. The number of alkyl halides is 4. The molecule has 0 spiro atoms. The number of aromatic nitrogens is 7. The van der Waals surface area contributed by atoms with E-state index in [1.54, 1.807) is 31.5 Å². The molecule has 40 heavy (non-hydrogen) atoms. The SMILES string of the molecule is CC(=O)c1nn(CC(=O)N2C[C@H](F)C[C@H]2c2nc(CCCC(F)(F)F)n[nH]2)c2ccc(-c3cnc(C)nc3)cc12. The highest BCUT2D eigenvalue weighted by molar-refractivity contribution is 6.06. The van der Waals surface area contributed by atoms with E-state index in [-0.39, 0.29) is 55.5 Å². The van der Waals surface area contributed by atoms with Crippen LogP contribution in [0.25, 0.3) is 22.0 Å². The molecular weight excluding hydrogens is 532 g/mol. The summed E-state index contributed by atoms with van der Waals surface area (Å²) < 4.78 is 53.3. The molecule has 14 heteroatoms. The van der Waals surface area contributed by atoms with Gasteiger partial charge in [0.1, 0.15) is 30.1 Å². The zero-order valence-electron chi connectivity index (χ0n) is 21.7. The number of carbonyl (C=O) groups is 2. The number of aryl methyl sites for hydroxylation is 2. The molecule has 4 aromatic rings. The number of amides is 1. The van der Waals surface area contributed by atoms with Crippen LogP contribution in [0, 0.1) is 6.92 Å². The van der Waals surface area contributed by atoms with Crippen molar-refractivity contribution < 1.29 is 27.2 Å². The fraction of sp³-hybridized carbons (Fsp3) is 0.423. The lowest BCUT2D eigenvalue weighted by Crippen LogP contribution is -2.34. The van der Waals surface area contributed by atoms with Crippen molar-refractivity contribution in [2.45, 2.75) is 64.5 Å². The number of rotatable bonds is 8. The number of halogens is 4. The maximum atomic E-state index is 14.5. The maximum absolute atomic E-state index is 14.5. The molecule has 0 radical (unpaired) electrons. The van der Waals surface area contributed by atoms with E-state index in [1.807, 2.05) is 6.07 Å². The third-order valence-electron chi connectivity index (χ3n) is 6.78. The van der Waals surface area contributed by atoms with Crippen molar-refractivity contribution in [1.29, 1.82) is 0 Å². The summed E-state index contributed by atoms with van der Waals surface area (Å²) in [5.74, 6) is 0.286. The molecule has 0 bridgehead atoms. The minimum absolute atomic E-state index is 0.000465. The highest BCUT2D eigenvalue weighted by Crippen LogP contribution is 2.33. The molecule has 0 saturated carbocycles. The van der Waals surface area contributed by atoms with E-state index in [9.17, 15) is 27.2 Å². The summed E-state index contributed by atoms with van der Waals surface area (Å²) in [4.78, 5) is 39.8. The second-order valence-corrected chi connectivity index (χ2v) is 9.81. The summed E-state index contributed by atoms with van der Waals surface area (Å²) >= 11 is 0. The minimum Gasteiger partial charge on any atom is -0.328 e. The van der Waals surface area contributed by atoms with E-state index in [2.05, 4.69) is 30.2 Å². The zero-order chi connectivity index (χ0) is 28.6. The van der Waals surface area contributed by atoms with Crippen molar-refractivity contribution in [2.75, 3.05) is 6.54 Å². The fourth-order valence-electron chi connectivity index (χ4n) is 4.84. The number of H-pyrrole nitrogens is 1. The smallest absolute Gasteiger partial charge is 0.328 e. The highest BCUT2D eigenvalue weighted by Gasteiger charge is 2.38. The lowest BCUT2D eigenvalue weighted by atomic mass is 10.0. The summed E-state index contributed by atoms with van der Waals surface area (Å²) in [6.07, 6.45) is -3.39. The van der Waals surface area contributed by atoms with Gasteiger partial charge in [0.25, 0.3) is 0 Å². The van der Waals surface area contributed by atoms with Crippen LogP contribution in [0.3, 0.4) is 0 Å². The van der Waals surface area contributed by atoms with Gasteiger partial charge in [-0.1, -0.05) is 6.07 Å². The maximum Gasteiger partial charge on any atom is 0.389 e. The Hall–Kier alpha value is -4.23. The second kappa shape index (κ2) is 10.7. The van der Waals surface area contributed by atoms with Crippen LogP contribution in [0.2, 0.25) is 0 Å². The van der Waals surface area contributed by atoms with Gasteiger partial charge in [-0.25, -0.2) is 19.3 Å². The number of hydrogen-bond donors (Lipinski definition) is 1. The Bertz CT molecular complexity index is 1550. The minimum atomic E-state index is -4.27. The van der Waals surface area contributed by atoms with Gasteiger partial charge in [-0.3, -0.25) is 19.4 Å². The van der Waals surface area contributed by atoms with Crippen molar-refractivity contribution in [3.63, 3.8) is 0 Å². The standard InChI is InChI=1S/C26H26F4N8O2/c1-14(39)24-19-8-16(17-10-31-15(2)32-11-17)5-6-20(19)38(36-24)13-23(40)37-12-18(27)9-21(37)25-33-22(34-35-25)4-3-7-26(28,29)30/h5-6,8,10-11,18,21H,3-4,7,9,12-13H2,1-2H3,(H,33,34,35)/t18-,21+/m1/s1. The summed E-state index contributed by atoms with van der Waals surface area (Å²) in [5.41, 5.74) is 2.27. The molecule has 1 N–H and O–H groups in total. The van der Waals surface area contributed by atoms with Crippen molar-refractivity contribution >= 4 is 22.6 Å². The number of aromatic amines is 1. The van der Waals surface area contributed by atoms with Gasteiger partial charge >= 0.3 is 6.18 Å².